The molecule has 8 heteroatoms. The van der Waals surface area contributed by atoms with Crippen LogP contribution in [0.3, 0.4) is 0 Å². The molecule has 0 bridgehead atoms. The summed E-state index contributed by atoms with van der Waals surface area (Å²) >= 11 is 1.24. The van der Waals surface area contributed by atoms with Gasteiger partial charge in [0.05, 0.1) is 22.6 Å². The maximum absolute atomic E-state index is 12.8. The van der Waals surface area contributed by atoms with Crippen molar-refractivity contribution in [1.29, 1.82) is 0 Å². The van der Waals surface area contributed by atoms with Gasteiger partial charge in [0.15, 0.2) is 0 Å². The number of hydrogen-bond donors (Lipinski definition) is 0. The van der Waals surface area contributed by atoms with Crippen molar-refractivity contribution in [1.82, 2.24) is 19.6 Å². The second-order valence-electron chi connectivity index (χ2n) is 5.41. The molecule has 3 aromatic rings. The van der Waals surface area contributed by atoms with Gasteiger partial charge in [0.2, 0.25) is 0 Å². The lowest BCUT2D eigenvalue weighted by Gasteiger charge is -2.22. The Labute approximate surface area is 136 Å². The highest BCUT2D eigenvalue weighted by molar-refractivity contribution is 7.20. The minimum Gasteiger partial charge on any atom is -0.364 e. The first-order valence-corrected chi connectivity index (χ1v) is 7.85. The minimum absolute atomic E-state index is 0.144. The third-order valence-electron chi connectivity index (χ3n) is 3.99. The number of hydrogen-bond acceptors (Lipinski definition) is 6. The fraction of sp³-hybridized carbons (Fsp3) is 0.333. The van der Waals surface area contributed by atoms with Crippen molar-refractivity contribution in [3.8, 4) is 0 Å². The highest BCUT2D eigenvalue weighted by atomic mass is 32.1. The highest BCUT2D eigenvalue weighted by Crippen LogP contribution is 2.29. The molecule has 23 heavy (non-hydrogen) atoms. The summed E-state index contributed by atoms with van der Waals surface area (Å²) in [7, 11) is 3.35. The van der Waals surface area contributed by atoms with Gasteiger partial charge in [-0.25, -0.2) is 4.98 Å². The van der Waals surface area contributed by atoms with Crippen LogP contribution in [0.5, 0.6) is 0 Å². The van der Waals surface area contributed by atoms with Crippen LogP contribution in [-0.2, 0) is 7.05 Å². The van der Waals surface area contributed by atoms with Gasteiger partial charge >= 0.3 is 0 Å². The van der Waals surface area contributed by atoms with Crippen LogP contribution >= 0.6 is 11.3 Å². The minimum atomic E-state index is -0.235. The van der Waals surface area contributed by atoms with Crippen molar-refractivity contribution in [2.75, 3.05) is 7.05 Å². The van der Waals surface area contributed by atoms with Crippen LogP contribution in [0.25, 0.3) is 10.2 Å². The fourth-order valence-electron chi connectivity index (χ4n) is 2.38. The first kappa shape index (κ1) is 15.4. The summed E-state index contributed by atoms with van der Waals surface area (Å²) in [6.07, 6.45) is 2.94. The van der Waals surface area contributed by atoms with E-state index in [1.165, 1.54) is 28.5 Å². The molecule has 0 radical (unpaired) electrons. The second kappa shape index (κ2) is 5.62. The molecule has 0 N–H and O–H groups in total. The molecule has 0 saturated heterocycles. The van der Waals surface area contributed by atoms with Gasteiger partial charge in [-0.15, -0.1) is 11.3 Å². The summed E-state index contributed by atoms with van der Waals surface area (Å²) in [5, 5.41) is 4.38. The van der Waals surface area contributed by atoms with E-state index in [4.69, 9.17) is 4.52 Å². The van der Waals surface area contributed by atoms with Gasteiger partial charge in [0, 0.05) is 20.2 Å². The Morgan fingerprint density at radius 2 is 2.22 bits per heavy atom. The topological polar surface area (TPSA) is 81.2 Å². The molecule has 1 atom stereocenters. The molecule has 0 aliphatic carbocycles. The zero-order valence-corrected chi connectivity index (χ0v) is 14.0. The molecular weight excluding hydrogens is 316 g/mol. The van der Waals surface area contributed by atoms with Crippen LogP contribution in [0, 0.1) is 6.92 Å². The number of rotatable bonds is 3. The zero-order valence-electron chi connectivity index (χ0n) is 13.2. The van der Waals surface area contributed by atoms with Crippen molar-refractivity contribution < 1.29 is 9.32 Å². The maximum Gasteiger partial charge on any atom is 0.264 e. The lowest BCUT2D eigenvalue weighted by atomic mass is 10.1. The van der Waals surface area contributed by atoms with E-state index in [9.17, 15) is 9.59 Å². The molecule has 0 aliphatic rings. The predicted octanol–water partition coefficient (Wildman–Crippen LogP) is 2.12. The first-order chi connectivity index (χ1) is 10.9. The first-order valence-electron chi connectivity index (χ1n) is 7.04. The summed E-state index contributed by atoms with van der Waals surface area (Å²) in [5.74, 6) is -0.164. The number of aryl methyl sites for hydroxylation is 2. The SMILES string of the molecule is Cc1c(C(=O)N(C)C(C)c2ccon2)sc2ncn(C)c(=O)c12. The molecular formula is C15H16N4O3S. The lowest BCUT2D eigenvalue weighted by Crippen LogP contribution is -2.29. The quantitative estimate of drug-likeness (QED) is 0.734. The Hall–Kier alpha value is -2.48. The number of carbonyl (C=O) groups excluding carboxylic acids is 1. The number of fused-ring (bicyclic) bond motifs is 1. The van der Waals surface area contributed by atoms with E-state index in [0.29, 0.717) is 26.4 Å². The molecule has 0 fully saturated rings. The summed E-state index contributed by atoms with van der Waals surface area (Å²) in [6, 6.07) is 1.49. The van der Waals surface area contributed by atoms with Crippen molar-refractivity contribution in [2.45, 2.75) is 19.9 Å². The number of thiophene rings is 1. The summed E-state index contributed by atoms with van der Waals surface area (Å²) in [6.45, 7) is 3.65. The fourth-order valence-corrected chi connectivity index (χ4v) is 3.51. The third kappa shape index (κ3) is 2.44. The monoisotopic (exact) mass is 332 g/mol. The van der Waals surface area contributed by atoms with Crippen LogP contribution < -0.4 is 5.56 Å². The van der Waals surface area contributed by atoms with E-state index in [1.807, 2.05) is 6.92 Å². The summed E-state index contributed by atoms with van der Waals surface area (Å²) in [5.41, 5.74) is 1.20. The van der Waals surface area contributed by atoms with Crippen LogP contribution in [0.1, 0.15) is 33.9 Å². The Balaban J connectivity index is 2.03. The standard InChI is InChI=1S/C15H16N4O3S/c1-8-11-13(16-7-18(3)14(11)20)23-12(8)15(21)19(4)9(2)10-5-6-22-17-10/h5-7,9H,1-4H3. The lowest BCUT2D eigenvalue weighted by molar-refractivity contribution is 0.0742. The van der Waals surface area contributed by atoms with Gasteiger partial charge in [-0.3, -0.25) is 9.59 Å². The van der Waals surface area contributed by atoms with E-state index in [-0.39, 0.29) is 17.5 Å². The third-order valence-corrected chi connectivity index (χ3v) is 5.18. The van der Waals surface area contributed by atoms with E-state index in [2.05, 4.69) is 10.1 Å². The van der Waals surface area contributed by atoms with Gasteiger partial charge < -0.3 is 14.0 Å². The molecule has 3 rings (SSSR count). The molecule has 3 heterocycles. The molecule has 0 saturated carbocycles. The van der Waals surface area contributed by atoms with E-state index in [0.717, 1.165) is 0 Å². The summed E-state index contributed by atoms with van der Waals surface area (Å²) < 4.78 is 6.25. The van der Waals surface area contributed by atoms with Crippen molar-refractivity contribution >= 4 is 27.5 Å². The van der Waals surface area contributed by atoms with Crippen molar-refractivity contribution in [3.05, 3.63) is 45.1 Å². The van der Waals surface area contributed by atoms with Gasteiger partial charge in [-0.2, -0.15) is 0 Å². The van der Waals surface area contributed by atoms with Gasteiger partial charge in [-0.1, -0.05) is 5.16 Å². The maximum atomic E-state index is 12.8. The number of aromatic nitrogens is 3. The van der Waals surface area contributed by atoms with E-state index in [1.54, 1.807) is 32.0 Å². The molecule has 3 aromatic heterocycles. The van der Waals surface area contributed by atoms with Gasteiger partial charge in [0.1, 0.15) is 16.8 Å². The number of nitrogens with zero attached hydrogens (tertiary/aromatic N) is 4. The molecule has 0 aromatic carbocycles. The van der Waals surface area contributed by atoms with Crippen molar-refractivity contribution in [3.63, 3.8) is 0 Å². The average molecular weight is 332 g/mol. The highest BCUT2D eigenvalue weighted by Gasteiger charge is 2.25. The molecule has 120 valence electrons. The zero-order chi connectivity index (χ0) is 16.7. The Bertz CT molecular complexity index is 926. The normalized spacial score (nSPS) is 12.5. The van der Waals surface area contributed by atoms with Crippen LogP contribution in [0.4, 0.5) is 0 Å². The average Bonchev–Trinajstić information content (AvgIpc) is 3.17. The van der Waals surface area contributed by atoms with Crippen LogP contribution in [0.2, 0.25) is 0 Å². The second-order valence-corrected chi connectivity index (χ2v) is 6.41. The number of carbonyl (C=O) groups is 1. The van der Waals surface area contributed by atoms with Crippen molar-refractivity contribution in [2.24, 2.45) is 7.05 Å². The Morgan fingerprint density at radius 1 is 1.48 bits per heavy atom. The molecule has 0 spiro atoms. The van der Waals surface area contributed by atoms with Gasteiger partial charge in [0.25, 0.3) is 11.5 Å². The molecule has 1 unspecified atom stereocenters. The molecule has 1 amide bonds. The molecule has 0 aliphatic heterocycles. The van der Waals surface area contributed by atoms with Crippen LogP contribution in [0.15, 0.2) is 28.0 Å². The number of amides is 1. The van der Waals surface area contributed by atoms with Gasteiger partial charge in [-0.05, 0) is 19.4 Å². The largest absolute Gasteiger partial charge is 0.364 e. The Kier molecular flexibility index (Phi) is 3.77. The smallest absolute Gasteiger partial charge is 0.264 e. The predicted molar refractivity (Wildman–Crippen MR) is 86.6 cm³/mol. The van der Waals surface area contributed by atoms with Crippen LogP contribution in [-0.4, -0.2) is 32.6 Å². The summed E-state index contributed by atoms with van der Waals surface area (Å²) in [4.78, 5) is 32.0. The van der Waals surface area contributed by atoms with E-state index < -0.39 is 0 Å². The molecule has 7 nitrogen and oxygen atoms in total. The van der Waals surface area contributed by atoms with E-state index >= 15 is 0 Å². The Morgan fingerprint density at radius 3 is 2.87 bits per heavy atom.